The first kappa shape index (κ1) is 18.2. The SMILES string of the molecule is COc1cccc(Cn2c(=O)c(-c3ccccc3)c3n(c2=O)CC=CS3=O)c1. The third-order valence-corrected chi connectivity index (χ3v) is 5.86. The van der Waals surface area contributed by atoms with Gasteiger partial charge in [0.15, 0.2) is 0 Å². The Labute approximate surface area is 163 Å². The number of benzene rings is 2. The van der Waals surface area contributed by atoms with Crippen LogP contribution in [0, 0.1) is 0 Å². The van der Waals surface area contributed by atoms with Crippen molar-refractivity contribution in [2.24, 2.45) is 0 Å². The summed E-state index contributed by atoms with van der Waals surface area (Å²) < 4.78 is 20.5. The topological polar surface area (TPSA) is 70.3 Å². The van der Waals surface area contributed by atoms with Crippen molar-refractivity contribution < 1.29 is 8.95 Å². The van der Waals surface area contributed by atoms with E-state index in [1.54, 1.807) is 37.5 Å². The molecule has 142 valence electrons. The van der Waals surface area contributed by atoms with E-state index in [2.05, 4.69) is 0 Å². The second kappa shape index (κ2) is 7.44. The van der Waals surface area contributed by atoms with Crippen LogP contribution in [-0.4, -0.2) is 20.5 Å². The van der Waals surface area contributed by atoms with E-state index in [-0.39, 0.29) is 18.1 Å². The average Bonchev–Trinajstić information content (AvgIpc) is 2.73. The highest BCUT2D eigenvalue weighted by Crippen LogP contribution is 2.24. The van der Waals surface area contributed by atoms with Crippen molar-refractivity contribution in [3.63, 3.8) is 0 Å². The second-order valence-corrected chi connectivity index (χ2v) is 7.61. The van der Waals surface area contributed by atoms with Crippen molar-refractivity contribution in [3.05, 3.63) is 92.5 Å². The Balaban J connectivity index is 1.97. The third-order valence-electron chi connectivity index (χ3n) is 4.62. The molecule has 1 aliphatic rings. The lowest BCUT2D eigenvalue weighted by atomic mass is 10.1. The average molecular weight is 394 g/mol. The fourth-order valence-corrected chi connectivity index (χ4v) is 4.46. The van der Waals surface area contributed by atoms with Crippen molar-refractivity contribution in [2.45, 2.75) is 18.1 Å². The Hall–Kier alpha value is -3.19. The standard InChI is InChI=1S/C21H18N2O4S/c1-27-17-10-5-7-15(13-17)14-23-19(24)18(16-8-3-2-4-9-16)20-22(21(23)25)11-6-12-28(20)26/h2-10,12-13H,11,14H2,1H3. The van der Waals surface area contributed by atoms with Gasteiger partial charge in [-0.05, 0) is 23.3 Å². The Kier molecular flexibility index (Phi) is 4.83. The molecule has 4 rings (SSSR count). The molecule has 3 aromatic rings. The molecule has 0 spiro atoms. The lowest BCUT2D eigenvalue weighted by molar-refractivity contribution is 0.414. The fraction of sp³-hybridized carbons (Fsp3) is 0.143. The van der Waals surface area contributed by atoms with Crippen molar-refractivity contribution in [2.75, 3.05) is 7.11 Å². The van der Waals surface area contributed by atoms with Crippen LogP contribution in [0.25, 0.3) is 11.1 Å². The summed E-state index contributed by atoms with van der Waals surface area (Å²) >= 11 is 0. The van der Waals surface area contributed by atoms with Crippen LogP contribution in [0.15, 0.2) is 80.7 Å². The molecule has 0 aliphatic carbocycles. The van der Waals surface area contributed by atoms with Gasteiger partial charge in [0.25, 0.3) is 5.56 Å². The Bertz CT molecular complexity index is 1210. The molecule has 28 heavy (non-hydrogen) atoms. The number of methoxy groups -OCH3 is 1. The number of fused-ring (bicyclic) bond motifs is 1. The fourth-order valence-electron chi connectivity index (χ4n) is 3.30. The van der Waals surface area contributed by atoms with E-state index in [4.69, 9.17) is 4.74 Å². The summed E-state index contributed by atoms with van der Waals surface area (Å²) in [5.41, 5.74) is 0.782. The monoisotopic (exact) mass is 394 g/mol. The van der Waals surface area contributed by atoms with Gasteiger partial charge in [-0.25, -0.2) is 9.00 Å². The molecule has 2 aromatic carbocycles. The molecule has 2 heterocycles. The first-order chi connectivity index (χ1) is 13.6. The smallest absolute Gasteiger partial charge is 0.332 e. The molecule has 0 fully saturated rings. The summed E-state index contributed by atoms with van der Waals surface area (Å²) in [6.45, 7) is 0.378. The molecular weight excluding hydrogens is 376 g/mol. The molecular formula is C21H18N2O4S. The molecule has 0 N–H and O–H groups in total. The van der Waals surface area contributed by atoms with Gasteiger partial charge in [-0.2, -0.15) is 0 Å². The van der Waals surface area contributed by atoms with Gasteiger partial charge in [-0.1, -0.05) is 48.5 Å². The molecule has 7 heteroatoms. The Morgan fingerprint density at radius 3 is 2.61 bits per heavy atom. The van der Waals surface area contributed by atoms with Crippen molar-refractivity contribution in [1.29, 1.82) is 0 Å². The lowest BCUT2D eigenvalue weighted by Gasteiger charge is -2.19. The van der Waals surface area contributed by atoms with E-state index < -0.39 is 22.0 Å². The third kappa shape index (κ3) is 3.14. The van der Waals surface area contributed by atoms with Crippen LogP contribution in [0.1, 0.15) is 5.56 Å². The Morgan fingerprint density at radius 1 is 1.07 bits per heavy atom. The molecule has 1 unspecified atom stereocenters. The van der Waals surface area contributed by atoms with Crippen LogP contribution in [0.3, 0.4) is 0 Å². The second-order valence-electron chi connectivity index (χ2n) is 6.35. The summed E-state index contributed by atoms with van der Waals surface area (Å²) in [5.74, 6) is 0.649. The maximum atomic E-state index is 13.3. The van der Waals surface area contributed by atoms with E-state index in [9.17, 15) is 13.8 Å². The number of rotatable bonds is 4. The normalized spacial score (nSPS) is 15.2. The van der Waals surface area contributed by atoms with Crippen LogP contribution in [0.5, 0.6) is 5.75 Å². The zero-order valence-electron chi connectivity index (χ0n) is 15.2. The van der Waals surface area contributed by atoms with Crippen LogP contribution in [0.2, 0.25) is 0 Å². The lowest BCUT2D eigenvalue weighted by Crippen LogP contribution is -2.43. The molecule has 1 aromatic heterocycles. The van der Waals surface area contributed by atoms with Crippen LogP contribution < -0.4 is 16.0 Å². The zero-order valence-corrected chi connectivity index (χ0v) is 16.0. The summed E-state index contributed by atoms with van der Waals surface area (Å²) in [6, 6.07) is 16.3. The molecule has 0 radical (unpaired) electrons. The molecule has 6 nitrogen and oxygen atoms in total. The minimum Gasteiger partial charge on any atom is -0.497 e. The van der Waals surface area contributed by atoms with Crippen LogP contribution in [0.4, 0.5) is 0 Å². The molecule has 1 atom stereocenters. The van der Waals surface area contributed by atoms with Crippen LogP contribution >= 0.6 is 0 Å². The van der Waals surface area contributed by atoms with Gasteiger partial charge >= 0.3 is 5.69 Å². The van der Waals surface area contributed by atoms with Gasteiger partial charge in [-0.3, -0.25) is 13.9 Å². The van der Waals surface area contributed by atoms with Gasteiger partial charge in [0, 0.05) is 12.0 Å². The highest BCUT2D eigenvalue weighted by Gasteiger charge is 2.25. The maximum Gasteiger partial charge on any atom is 0.332 e. The first-order valence-corrected chi connectivity index (χ1v) is 9.94. The van der Waals surface area contributed by atoms with E-state index in [0.717, 1.165) is 5.56 Å². The summed E-state index contributed by atoms with van der Waals surface area (Å²) in [5, 5.41) is 1.78. The molecule has 0 saturated heterocycles. The van der Waals surface area contributed by atoms with Gasteiger partial charge in [0.2, 0.25) is 0 Å². The van der Waals surface area contributed by atoms with E-state index >= 15 is 0 Å². The van der Waals surface area contributed by atoms with Crippen molar-refractivity contribution in [3.8, 4) is 16.9 Å². The maximum absolute atomic E-state index is 13.3. The van der Waals surface area contributed by atoms with Crippen molar-refractivity contribution in [1.82, 2.24) is 9.13 Å². The predicted octanol–water partition coefficient (Wildman–Crippen LogP) is 2.37. The highest BCUT2D eigenvalue weighted by atomic mass is 32.2. The number of hydrogen-bond acceptors (Lipinski definition) is 4. The quantitative estimate of drug-likeness (QED) is 0.637. The predicted molar refractivity (Wildman–Crippen MR) is 108 cm³/mol. The summed E-state index contributed by atoms with van der Waals surface area (Å²) in [6.07, 6.45) is 1.68. The number of aromatic nitrogens is 2. The molecule has 0 bridgehead atoms. The molecule has 0 amide bonds. The van der Waals surface area contributed by atoms with Crippen LogP contribution in [-0.2, 0) is 23.9 Å². The molecule has 1 aliphatic heterocycles. The number of nitrogens with zero attached hydrogens (tertiary/aromatic N) is 2. The minimum absolute atomic E-state index is 0.103. The van der Waals surface area contributed by atoms with Crippen molar-refractivity contribution >= 4 is 10.8 Å². The van der Waals surface area contributed by atoms with Gasteiger partial charge in [0.1, 0.15) is 10.8 Å². The number of allylic oxidation sites excluding steroid dienone is 1. The largest absolute Gasteiger partial charge is 0.497 e. The zero-order chi connectivity index (χ0) is 19.7. The first-order valence-electron chi connectivity index (χ1n) is 8.73. The molecule has 0 saturated carbocycles. The number of hydrogen-bond donors (Lipinski definition) is 0. The van der Waals surface area contributed by atoms with Gasteiger partial charge in [0.05, 0.1) is 30.0 Å². The minimum atomic E-state index is -1.56. The van der Waals surface area contributed by atoms with E-state index in [1.165, 1.54) is 14.5 Å². The summed E-state index contributed by atoms with van der Waals surface area (Å²) in [7, 11) is 0.00521. The van der Waals surface area contributed by atoms with Gasteiger partial charge in [-0.15, -0.1) is 0 Å². The van der Waals surface area contributed by atoms with E-state index in [1.807, 2.05) is 30.3 Å². The Morgan fingerprint density at radius 2 is 1.86 bits per heavy atom. The van der Waals surface area contributed by atoms with Gasteiger partial charge < -0.3 is 4.74 Å². The number of ether oxygens (including phenoxy) is 1. The van der Waals surface area contributed by atoms with E-state index in [0.29, 0.717) is 16.9 Å². The summed E-state index contributed by atoms with van der Waals surface area (Å²) in [4.78, 5) is 26.4. The highest BCUT2D eigenvalue weighted by molar-refractivity contribution is 7.88.